The van der Waals surface area contributed by atoms with Gasteiger partial charge in [0.2, 0.25) is 5.69 Å². The first-order valence-corrected chi connectivity index (χ1v) is 6.91. The molecule has 0 spiro atoms. The first-order valence-electron chi connectivity index (χ1n) is 6.91. The quantitative estimate of drug-likeness (QED) is 0.719. The van der Waals surface area contributed by atoms with Gasteiger partial charge in [-0.2, -0.15) is 9.94 Å². The van der Waals surface area contributed by atoms with E-state index in [-0.39, 0.29) is 5.69 Å². The largest absolute Gasteiger partial charge is 0.356 e. The van der Waals surface area contributed by atoms with E-state index in [1.54, 1.807) is 60.7 Å². The van der Waals surface area contributed by atoms with Crippen molar-refractivity contribution >= 4 is 0 Å². The van der Waals surface area contributed by atoms with Crippen molar-refractivity contribution in [2.75, 3.05) is 0 Å². The lowest BCUT2D eigenvalue weighted by Gasteiger charge is -2.10. The van der Waals surface area contributed by atoms with E-state index in [1.807, 2.05) is 6.92 Å². The van der Waals surface area contributed by atoms with Gasteiger partial charge < -0.3 is 0 Å². The third-order valence-electron chi connectivity index (χ3n) is 3.38. The predicted molar refractivity (Wildman–Crippen MR) is 84.9 cm³/mol. The van der Waals surface area contributed by atoms with Crippen molar-refractivity contribution in [3.05, 3.63) is 86.7 Å². The highest BCUT2D eigenvalue weighted by Crippen LogP contribution is 2.06. The Morgan fingerprint density at radius 3 is 2.22 bits per heavy atom. The Morgan fingerprint density at radius 2 is 1.61 bits per heavy atom. The third-order valence-corrected chi connectivity index (χ3v) is 3.38. The summed E-state index contributed by atoms with van der Waals surface area (Å²) in [5.74, 6) is 0. The van der Waals surface area contributed by atoms with Crippen molar-refractivity contribution in [3.63, 3.8) is 0 Å². The van der Waals surface area contributed by atoms with Crippen LogP contribution < -0.4 is 11.2 Å². The van der Waals surface area contributed by atoms with E-state index in [0.717, 1.165) is 14.8 Å². The van der Waals surface area contributed by atoms with Crippen LogP contribution in [0.15, 0.2) is 64.2 Å². The van der Waals surface area contributed by atoms with Crippen LogP contribution in [0.3, 0.4) is 0 Å². The van der Waals surface area contributed by atoms with E-state index in [0.29, 0.717) is 11.4 Å². The van der Waals surface area contributed by atoms with E-state index in [1.165, 1.54) is 0 Å². The molecule has 0 aliphatic heterocycles. The number of hydrogen-bond donors (Lipinski definition) is 0. The maximum Gasteiger partial charge on any atom is 0.356 e. The van der Waals surface area contributed by atoms with E-state index in [2.05, 4.69) is 5.10 Å². The molecule has 0 radical (unpaired) electrons. The molecule has 0 saturated carbocycles. The summed E-state index contributed by atoms with van der Waals surface area (Å²) >= 11 is 0. The van der Waals surface area contributed by atoms with Gasteiger partial charge in [-0.25, -0.2) is 9.36 Å². The van der Waals surface area contributed by atoms with Crippen LogP contribution in [0.4, 0.5) is 0 Å². The molecule has 0 bridgehead atoms. The molecule has 0 fully saturated rings. The van der Waals surface area contributed by atoms with Crippen LogP contribution in [-0.2, 0) is 0 Å². The number of hydrogen-bond acceptors (Lipinski definition) is 4. The molecule has 2 aromatic carbocycles. The van der Waals surface area contributed by atoms with Crippen LogP contribution in [0.1, 0.15) is 11.3 Å². The molecule has 0 aliphatic carbocycles. The molecule has 6 nitrogen and oxygen atoms in total. The van der Waals surface area contributed by atoms with E-state index in [4.69, 9.17) is 5.26 Å². The maximum absolute atomic E-state index is 12.7. The van der Waals surface area contributed by atoms with E-state index in [9.17, 15) is 9.59 Å². The topological polar surface area (TPSA) is 80.7 Å². The Morgan fingerprint density at radius 1 is 0.957 bits per heavy atom. The first kappa shape index (κ1) is 14.5. The molecule has 3 aromatic rings. The zero-order valence-corrected chi connectivity index (χ0v) is 12.3. The SMILES string of the molecule is Cc1ccc(-n2c(=O)c(C#N)nn(-c3ccccc3)c2=O)cc1. The van der Waals surface area contributed by atoms with Crippen molar-refractivity contribution < 1.29 is 0 Å². The molecule has 0 atom stereocenters. The summed E-state index contributed by atoms with van der Waals surface area (Å²) in [6, 6.07) is 17.3. The number of para-hydroxylation sites is 1. The summed E-state index contributed by atoms with van der Waals surface area (Å²) < 4.78 is 2.01. The molecule has 112 valence electrons. The van der Waals surface area contributed by atoms with Crippen molar-refractivity contribution in [2.24, 2.45) is 0 Å². The van der Waals surface area contributed by atoms with Gasteiger partial charge in [-0.1, -0.05) is 35.9 Å². The fourth-order valence-corrected chi connectivity index (χ4v) is 2.20. The number of nitrogens with zero attached hydrogens (tertiary/aromatic N) is 4. The Bertz CT molecular complexity index is 1010. The molecular weight excluding hydrogens is 292 g/mol. The molecule has 0 saturated heterocycles. The average Bonchev–Trinajstić information content (AvgIpc) is 2.58. The van der Waals surface area contributed by atoms with Crippen molar-refractivity contribution in [1.29, 1.82) is 5.26 Å². The molecule has 0 amide bonds. The first-order chi connectivity index (χ1) is 11.1. The van der Waals surface area contributed by atoms with Crippen molar-refractivity contribution in [3.8, 4) is 17.4 Å². The molecule has 0 unspecified atom stereocenters. The van der Waals surface area contributed by atoms with E-state index < -0.39 is 11.2 Å². The van der Waals surface area contributed by atoms with Gasteiger partial charge in [-0.15, -0.1) is 5.10 Å². The summed E-state index contributed by atoms with van der Waals surface area (Å²) in [5.41, 5.74) is 0.190. The standard InChI is InChI=1S/C17H12N4O2/c1-12-7-9-13(10-8-12)20-16(22)15(11-18)19-21(17(20)23)14-5-3-2-4-6-14/h2-10H,1H3. The summed E-state index contributed by atoms with van der Waals surface area (Å²) in [7, 11) is 0. The highest BCUT2D eigenvalue weighted by Gasteiger charge is 2.15. The second kappa shape index (κ2) is 5.73. The normalized spacial score (nSPS) is 10.3. The minimum atomic E-state index is -0.728. The Kier molecular flexibility index (Phi) is 3.61. The summed E-state index contributed by atoms with van der Waals surface area (Å²) in [6.45, 7) is 1.90. The molecule has 3 rings (SSSR count). The second-order valence-corrected chi connectivity index (χ2v) is 4.97. The number of aromatic nitrogens is 3. The Hall–Kier alpha value is -3.46. The van der Waals surface area contributed by atoms with Crippen LogP contribution in [0.25, 0.3) is 11.4 Å². The molecule has 1 heterocycles. The maximum atomic E-state index is 12.7. The fourth-order valence-electron chi connectivity index (χ4n) is 2.20. The molecule has 0 N–H and O–H groups in total. The number of aryl methyl sites for hydroxylation is 1. The van der Waals surface area contributed by atoms with Crippen LogP contribution in [-0.4, -0.2) is 14.3 Å². The van der Waals surface area contributed by atoms with Crippen LogP contribution in [0.2, 0.25) is 0 Å². The minimum Gasteiger partial charge on any atom is -0.265 e. The van der Waals surface area contributed by atoms with Crippen LogP contribution >= 0.6 is 0 Å². The van der Waals surface area contributed by atoms with Crippen molar-refractivity contribution in [2.45, 2.75) is 6.92 Å². The van der Waals surface area contributed by atoms with Gasteiger partial charge in [0.1, 0.15) is 6.07 Å². The smallest absolute Gasteiger partial charge is 0.265 e. The zero-order valence-electron chi connectivity index (χ0n) is 12.3. The molecule has 6 heteroatoms. The predicted octanol–water partition coefficient (Wildman–Crippen LogP) is 1.56. The number of benzene rings is 2. The molecule has 1 aromatic heterocycles. The van der Waals surface area contributed by atoms with Gasteiger partial charge in [-0.3, -0.25) is 4.79 Å². The number of nitriles is 1. The zero-order chi connectivity index (χ0) is 16.4. The monoisotopic (exact) mass is 304 g/mol. The highest BCUT2D eigenvalue weighted by molar-refractivity contribution is 5.37. The van der Waals surface area contributed by atoms with Crippen molar-refractivity contribution in [1.82, 2.24) is 14.3 Å². The van der Waals surface area contributed by atoms with Crippen LogP contribution in [0.5, 0.6) is 0 Å². The van der Waals surface area contributed by atoms with Gasteiger partial charge in [0.05, 0.1) is 11.4 Å². The minimum absolute atomic E-state index is 0.339. The highest BCUT2D eigenvalue weighted by atomic mass is 16.2. The van der Waals surface area contributed by atoms with Gasteiger partial charge in [-0.05, 0) is 31.2 Å². The lowest BCUT2D eigenvalue weighted by atomic mass is 10.2. The van der Waals surface area contributed by atoms with Gasteiger partial charge >= 0.3 is 5.69 Å². The van der Waals surface area contributed by atoms with Gasteiger partial charge in [0.25, 0.3) is 5.56 Å². The summed E-state index contributed by atoms with van der Waals surface area (Å²) in [4.78, 5) is 25.1. The molecular formula is C17H12N4O2. The lowest BCUT2D eigenvalue weighted by molar-refractivity contribution is 0.691. The summed E-state index contributed by atoms with van der Waals surface area (Å²) in [5, 5.41) is 13.0. The Balaban J connectivity index is 2.36. The van der Waals surface area contributed by atoms with Gasteiger partial charge in [0, 0.05) is 0 Å². The van der Waals surface area contributed by atoms with Crippen LogP contribution in [0, 0.1) is 18.3 Å². The fraction of sp³-hybridized carbons (Fsp3) is 0.0588. The lowest BCUT2D eigenvalue weighted by Crippen LogP contribution is -2.41. The average molecular weight is 304 g/mol. The van der Waals surface area contributed by atoms with Gasteiger partial charge in [0.15, 0.2) is 0 Å². The Labute approximate surface area is 131 Å². The summed E-state index contributed by atoms with van der Waals surface area (Å²) in [6.07, 6.45) is 0. The van der Waals surface area contributed by atoms with E-state index >= 15 is 0 Å². The third kappa shape index (κ3) is 2.56. The second-order valence-electron chi connectivity index (χ2n) is 4.97. The molecule has 0 aliphatic rings. The number of rotatable bonds is 2. The molecule has 23 heavy (non-hydrogen) atoms.